The summed E-state index contributed by atoms with van der Waals surface area (Å²) in [6, 6.07) is 2.21. The average Bonchev–Trinajstić information content (AvgIpc) is 2.43. The SMILES string of the molecule is CC1=C(c2cc(C)nn2C)C(C)(C)CCC1. The van der Waals surface area contributed by atoms with Gasteiger partial charge in [0, 0.05) is 7.05 Å². The molecule has 2 heteroatoms. The molecule has 0 aliphatic heterocycles. The maximum atomic E-state index is 4.47. The summed E-state index contributed by atoms with van der Waals surface area (Å²) >= 11 is 0. The van der Waals surface area contributed by atoms with Gasteiger partial charge in [0.25, 0.3) is 0 Å². The molecule has 0 radical (unpaired) electrons. The topological polar surface area (TPSA) is 17.8 Å². The molecule has 2 nitrogen and oxygen atoms in total. The van der Waals surface area contributed by atoms with Crippen LogP contribution in [0.5, 0.6) is 0 Å². The van der Waals surface area contributed by atoms with Crippen molar-refractivity contribution < 1.29 is 0 Å². The summed E-state index contributed by atoms with van der Waals surface area (Å²) in [4.78, 5) is 0. The molecular weight excluding hydrogens is 196 g/mol. The highest BCUT2D eigenvalue weighted by Crippen LogP contribution is 2.45. The quantitative estimate of drug-likeness (QED) is 0.702. The van der Waals surface area contributed by atoms with Crippen molar-refractivity contribution >= 4 is 5.57 Å². The molecule has 1 aliphatic rings. The van der Waals surface area contributed by atoms with Crippen LogP contribution in [-0.2, 0) is 7.05 Å². The lowest BCUT2D eigenvalue weighted by atomic mass is 9.71. The summed E-state index contributed by atoms with van der Waals surface area (Å²) in [6.07, 6.45) is 3.84. The van der Waals surface area contributed by atoms with Crippen molar-refractivity contribution in [2.45, 2.75) is 47.0 Å². The van der Waals surface area contributed by atoms with Crippen LogP contribution < -0.4 is 0 Å². The molecule has 2 rings (SSSR count). The van der Waals surface area contributed by atoms with Gasteiger partial charge in [-0.1, -0.05) is 19.4 Å². The first-order valence-electron chi connectivity index (χ1n) is 6.13. The van der Waals surface area contributed by atoms with Crippen LogP contribution in [0.25, 0.3) is 5.57 Å². The van der Waals surface area contributed by atoms with E-state index >= 15 is 0 Å². The fourth-order valence-electron chi connectivity index (χ4n) is 3.03. The van der Waals surface area contributed by atoms with E-state index in [1.54, 1.807) is 5.57 Å². The summed E-state index contributed by atoms with van der Waals surface area (Å²) in [5.41, 5.74) is 5.77. The summed E-state index contributed by atoms with van der Waals surface area (Å²) in [7, 11) is 2.05. The van der Waals surface area contributed by atoms with Gasteiger partial charge in [0.1, 0.15) is 0 Å². The summed E-state index contributed by atoms with van der Waals surface area (Å²) in [5.74, 6) is 0. The zero-order valence-electron chi connectivity index (χ0n) is 11.1. The van der Waals surface area contributed by atoms with Crippen LogP contribution >= 0.6 is 0 Å². The maximum Gasteiger partial charge on any atom is 0.0646 e. The number of allylic oxidation sites excluding steroid dienone is 2. The number of hydrogen-bond donors (Lipinski definition) is 0. The van der Waals surface area contributed by atoms with Gasteiger partial charge in [-0.05, 0) is 50.2 Å². The molecule has 0 spiro atoms. The second kappa shape index (κ2) is 3.76. The second-order valence-electron chi connectivity index (χ2n) is 5.69. The largest absolute Gasteiger partial charge is 0.268 e. The van der Waals surface area contributed by atoms with Gasteiger partial charge in [-0.3, -0.25) is 4.68 Å². The van der Waals surface area contributed by atoms with Crippen molar-refractivity contribution in [1.82, 2.24) is 9.78 Å². The molecule has 1 aromatic heterocycles. The molecule has 0 saturated heterocycles. The Hall–Kier alpha value is -1.05. The molecule has 1 aromatic rings. The van der Waals surface area contributed by atoms with E-state index in [2.05, 4.69) is 38.9 Å². The molecule has 0 N–H and O–H groups in total. The van der Waals surface area contributed by atoms with E-state index in [9.17, 15) is 0 Å². The number of rotatable bonds is 1. The minimum atomic E-state index is 0.294. The Morgan fingerprint density at radius 2 is 2.00 bits per heavy atom. The van der Waals surface area contributed by atoms with Crippen LogP contribution in [0, 0.1) is 12.3 Å². The van der Waals surface area contributed by atoms with Crippen molar-refractivity contribution in [3.63, 3.8) is 0 Å². The third-order valence-corrected chi connectivity index (χ3v) is 3.72. The van der Waals surface area contributed by atoms with Crippen molar-refractivity contribution in [3.8, 4) is 0 Å². The van der Waals surface area contributed by atoms with Crippen molar-refractivity contribution in [2.24, 2.45) is 12.5 Å². The fraction of sp³-hybridized carbons (Fsp3) is 0.643. The van der Waals surface area contributed by atoms with Gasteiger partial charge < -0.3 is 0 Å². The summed E-state index contributed by atoms with van der Waals surface area (Å²) in [6.45, 7) is 9.05. The molecule has 1 aliphatic carbocycles. The molecule has 0 saturated carbocycles. The molecular formula is C14H22N2. The lowest BCUT2D eigenvalue weighted by Gasteiger charge is -2.34. The van der Waals surface area contributed by atoms with Crippen LogP contribution in [0.2, 0.25) is 0 Å². The molecule has 88 valence electrons. The smallest absolute Gasteiger partial charge is 0.0646 e. The normalized spacial score (nSPS) is 20.3. The molecule has 0 amide bonds. The summed E-state index contributed by atoms with van der Waals surface area (Å²) in [5, 5.41) is 4.47. The van der Waals surface area contributed by atoms with Crippen LogP contribution in [0.1, 0.15) is 51.4 Å². The van der Waals surface area contributed by atoms with Gasteiger partial charge in [0.2, 0.25) is 0 Å². The Morgan fingerprint density at radius 1 is 1.31 bits per heavy atom. The average molecular weight is 218 g/mol. The van der Waals surface area contributed by atoms with E-state index < -0.39 is 0 Å². The molecule has 0 aromatic carbocycles. The Kier molecular flexibility index (Phi) is 2.69. The molecule has 0 fully saturated rings. The predicted octanol–water partition coefficient (Wildman–Crippen LogP) is 3.71. The Labute approximate surface area is 98.4 Å². The van der Waals surface area contributed by atoms with Gasteiger partial charge in [-0.15, -0.1) is 0 Å². The van der Waals surface area contributed by atoms with Gasteiger partial charge in [0.15, 0.2) is 0 Å². The van der Waals surface area contributed by atoms with E-state index in [1.165, 1.54) is 30.5 Å². The van der Waals surface area contributed by atoms with Crippen molar-refractivity contribution in [1.29, 1.82) is 0 Å². The zero-order chi connectivity index (χ0) is 11.9. The standard InChI is InChI=1S/C14H22N2/c1-10-7-6-8-14(3,4)13(10)12-9-11(2)15-16(12)5/h9H,6-8H2,1-5H3. The van der Waals surface area contributed by atoms with Crippen LogP contribution in [-0.4, -0.2) is 9.78 Å². The maximum absolute atomic E-state index is 4.47. The van der Waals surface area contributed by atoms with E-state index in [4.69, 9.17) is 0 Å². The highest BCUT2D eigenvalue weighted by molar-refractivity contribution is 5.71. The first-order valence-corrected chi connectivity index (χ1v) is 6.13. The van der Waals surface area contributed by atoms with Crippen molar-refractivity contribution in [3.05, 3.63) is 23.0 Å². The highest BCUT2D eigenvalue weighted by atomic mass is 15.3. The predicted molar refractivity (Wildman–Crippen MR) is 68.2 cm³/mol. The Morgan fingerprint density at radius 3 is 2.50 bits per heavy atom. The third-order valence-electron chi connectivity index (χ3n) is 3.72. The number of hydrogen-bond acceptors (Lipinski definition) is 1. The molecule has 0 atom stereocenters. The lowest BCUT2D eigenvalue weighted by molar-refractivity contribution is 0.413. The van der Waals surface area contributed by atoms with Gasteiger partial charge in [-0.2, -0.15) is 5.10 Å². The Bertz CT molecular complexity index is 436. The van der Waals surface area contributed by atoms with E-state index in [0.717, 1.165) is 5.69 Å². The van der Waals surface area contributed by atoms with E-state index in [0.29, 0.717) is 5.41 Å². The third kappa shape index (κ3) is 1.81. The van der Waals surface area contributed by atoms with E-state index in [-0.39, 0.29) is 0 Å². The molecule has 0 bridgehead atoms. The first-order chi connectivity index (χ1) is 7.42. The molecule has 16 heavy (non-hydrogen) atoms. The summed E-state index contributed by atoms with van der Waals surface area (Å²) < 4.78 is 2.03. The van der Waals surface area contributed by atoms with Crippen LogP contribution in [0.4, 0.5) is 0 Å². The fourth-order valence-corrected chi connectivity index (χ4v) is 3.03. The number of aryl methyl sites for hydroxylation is 2. The van der Waals surface area contributed by atoms with Gasteiger partial charge in [0.05, 0.1) is 11.4 Å². The van der Waals surface area contributed by atoms with E-state index in [1.807, 2.05) is 11.7 Å². The number of aromatic nitrogens is 2. The van der Waals surface area contributed by atoms with Gasteiger partial charge >= 0.3 is 0 Å². The second-order valence-corrected chi connectivity index (χ2v) is 5.69. The minimum absolute atomic E-state index is 0.294. The molecule has 0 unspecified atom stereocenters. The Balaban J connectivity index is 2.56. The van der Waals surface area contributed by atoms with Crippen molar-refractivity contribution in [2.75, 3.05) is 0 Å². The zero-order valence-corrected chi connectivity index (χ0v) is 11.1. The minimum Gasteiger partial charge on any atom is -0.268 e. The molecule has 1 heterocycles. The van der Waals surface area contributed by atoms with Crippen LogP contribution in [0.15, 0.2) is 11.6 Å². The van der Waals surface area contributed by atoms with Crippen LogP contribution in [0.3, 0.4) is 0 Å². The monoisotopic (exact) mass is 218 g/mol. The number of nitrogens with zero attached hydrogens (tertiary/aromatic N) is 2. The van der Waals surface area contributed by atoms with Gasteiger partial charge in [-0.25, -0.2) is 0 Å². The highest BCUT2D eigenvalue weighted by Gasteiger charge is 2.31. The lowest BCUT2D eigenvalue weighted by Crippen LogP contribution is -2.21. The first kappa shape index (κ1) is 11.4.